The Morgan fingerprint density at radius 2 is 0.968 bits per heavy atom. The van der Waals surface area contributed by atoms with E-state index in [0.29, 0.717) is 5.92 Å². The van der Waals surface area contributed by atoms with Gasteiger partial charge in [-0.2, -0.15) is 0 Å². The predicted molar refractivity (Wildman–Crippen MR) is 265 cm³/mol. The van der Waals surface area contributed by atoms with Gasteiger partial charge in [-0.05, 0) is 115 Å². The van der Waals surface area contributed by atoms with E-state index in [2.05, 4.69) is 225 Å². The highest BCUT2D eigenvalue weighted by Gasteiger charge is 2.46. The zero-order chi connectivity index (χ0) is 42.1. The smallest absolute Gasteiger partial charge is 0.0714 e. The number of para-hydroxylation sites is 1. The zero-order valence-electron chi connectivity index (χ0n) is 36.2. The summed E-state index contributed by atoms with van der Waals surface area (Å²) in [5.74, 6) is 0.574. The molecule has 304 valence electrons. The van der Waals surface area contributed by atoms with E-state index in [-0.39, 0.29) is 5.41 Å². The lowest BCUT2D eigenvalue weighted by Gasteiger charge is -2.35. The van der Waals surface area contributed by atoms with Gasteiger partial charge < -0.3 is 4.90 Å². The quantitative estimate of drug-likeness (QED) is 0.155. The first-order chi connectivity index (χ1) is 31.0. The zero-order valence-corrected chi connectivity index (χ0v) is 36.2. The molecule has 0 atom stereocenters. The molecule has 0 amide bonds. The molecule has 1 heteroatoms. The summed E-state index contributed by atoms with van der Waals surface area (Å²) in [5, 5.41) is 2.72. The van der Waals surface area contributed by atoms with Crippen molar-refractivity contribution in [3.63, 3.8) is 0 Å². The van der Waals surface area contributed by atoms with Crippen molar-refractivity contribution >= 4 is 27.8 Å². The summed E-state index contributed by atoms with van der Waals surface area (Å²) < 4.78 is 0. The van der Waals surface area contributed by atoms with Gasteiger partial charge in [0.15, 0.2) is 0 Å². The van der Waals surface area contributed by atoms with Crippen molar-refractivity contribution in [3.8, 4) is 33.4 Å². The topological polar surface area (TPSA) is 3.24 Å². The second kappa shape index (κ2) is 14.8. The monoisotopic (exact) mass is 809 g/mol. The molecule has 3 aliphatic rings. The van der Waals surface area contributed by atoms with Crippen LogP contribution in [0.4, 0.5) is 17.1 Å². The fourth-order valence-corrected chi connectivity index (χ4v) is 12.1. The standard InChI is InChI=1S/C62H51N/c1-61(2)53-34-15-13-31-52(53)60-55(61)36-20-38-58(60)63(57-37-17-14-30-50(57)51-33-19-24-43-23-18-32-47(59(43)51)42-21-6-3-7-22-42)46-39-40-49-48-29-12-16-35-54(48)62(56(49)41-46,44-25-8-4-9-26-44)45-27-10-5-11-28-45/h4-5,8-20,23-42H,3,6-7,21-22H2,1-2H3. The van der Waals surface area contributed by atoms with Gasteiger partial charge in [0.05, 0.1) is 16.8 Å². The fourth-order valence-electron chi connectivity index (χ4n) is 12.1. The Hall–Kier alpha value is -6.96. The number of nitrogens with zero attached hydrogens (tertiary/aromatic N) is 1. The first-order valence-corrected chi connectivity index (χ1v) is 23.0. The minimum absolute atomic E-state index is 0.146. The van der Waals surface area contributed by atoms with Crippen molar-refractivity contribution < 1.29 is 0 Å². The van der Waals surface area contributed by atoms with E-state index in [4.69, 9.17) is 0 Å². The van der Waals surface area contributed by atoms with Crippen LogP contribution in [0.15, 0.2) is 206 Å². The highest BCUT2D eigenvalue weighted by Crippen LogP contribution is 2.59. The second-order valence-electron chi connectivity index (χ2n) is 18.6. The van der Waals surface area contributed by atoms with Crippen LogP contribution < -0.4 is 4.90 Å². The molecule has 0 saturated heterocycles. The molecule has 0 N–H and O–H groups in total. The number of anilines is 3. The third kappa shape index (κ3) is 5.68. The molecule has 0 bridgehead atoms. The summed E-state index contributed by atoms with van der Waals surface area (Å²) in [6.45, 7) is 4.78. The first kappa shape index (κ1) is 37.8. The maximum Gasteiger partial charge on any atom is 0.0714 e. The highest BCUT2D eigenvalue weighted by atomic mass is 15.1. The van der Waals surface area contributed by atoms with Crippen LogP contribution in [0.1, 0.15) is 90.8 Å². The SMILES string of the molecule is CC1(C)c2ccccc2-c2c(N(c3ccc4c(c3)C(c3ccccc3)(c3ccccc3)c3ccccc3-4)c3ccccc3-c3cccc4cccc(C5CCCCC5)c34)cccc21. The van der Waals surface area contributed by atoms with Gasteiger partial charge in [0.1, 0.15) is 0 Å². The van der Waals surface area contributed by atoms with Crippen molar-refractivity contribution in [2.45, 2.75) is 62.7 Å². The largest absolute Gasteiger partial charge is 0.309 e. The molecular weight excluding hydrogens is 759 g/mol. The molecule has 0 aromatic heterocycles. The van der Waals surface area contributed by atoms with Gasteiger partial charge in [-0.3, -0.25) is 0 Å². The molecule has 0 spiro atoms. The minimum atomic E-state index is -0.520. The van der Waals surface area contributed by atoms with E-state index in [0.717, 1.165) is 5.69 Å². The van der Waals surface area contributed by atoms with Gasteiger partial charge >= 0.3 is 0 Å². The van der Waals surface area contributed by atoms with Crippen molar-refractivity contribution in [2.75, 3.05) is 4.90 Å². The number of benzene rings is 9. The average molecular weight is 810 g/mol. The van der Waals surface area contributed by atoms with Crippen molar-refractivity contribution in [3.05, 3.63) is 245 Å². The summed E-state index contributed by atoms with van der Waals surface area (Å²) in [6, 6.07) is 78.1. The lowest BCUT2D eigenvalue weighted by molar-refractivity contribution is 0.445. The Morgan fingerprint density at radius 3 is 1.71 bits per heavy atom. The maximum absolute atomic E-state index is 2.61. The molecular formula is C62H51N. The highest BCUT2D eigenvalue weighted by molar-refractivity contribution is 6.05. The number of hydrogen-bond acceptors (Lipinski definition) is 1. The van der Waals surface area contributed by atoms with Crippen LogP contribution in [0.25, 0.3) is 44.2 Å². The van der Waals surface area contributed by atoms with Gasteiger partial charge in [-0.25, -0.2) is 0 Å². The van der Waals surface area contributed by atoms with Crippen LogP contribution in [-0.2, 0) is 10.8 Å². The van der Waals surface area contributed by atoms with Crippen molar-refractivity contribution in [1.82, 2.24) is 0 Å². The van der Waals surface area contributed by atoms with Gasteiger partial charge in [0.25, 0.3) is 0 Å². The normalized spacial score (nSPS) is 15.7. The summed E-state index contributed by atoms with van der Waals surface area (Å²) in [6.07, 6.45) is 6.47. The molecule has 1 fully saturated rings. The number of hydrogen-bond donors (Lipinski definition) is 0. The van der Waals surface area contributed by atoms with Gasteiger partial charge in [0.2, 0.25) is 0 Å². The van der Waals surface area contributed by atoms with Crippen LogP contribution >= 0.6 is 0 Å². The summed E-state index contributed by atoms with van der Waals surface area (Å²) in [7, 11) is 0. The van der Waals surface area contributed by atoms with Crippen LogP contribution in [0.3, 0.4) is 0 Å². The Labute approximate surface area is 372 Å². The Kier molecular flexibility index (Phi) is 8.90. The van der Waals surface area contributed by atoms with Crippen LogP contribution in [0, 0.1) is 0 Å². The lowest BCUT2D eigenvalue weighted by atomic mass is 9.67. The molecule has 0 unspecified atom stereocenters. The number of fused-ring (bicyclic) bond motifs is 7. The van der Waals surface area contributed by atoms with Gasteiger partial charge in [-0.15, -0.1) is 0 Å². The molecule has 0 aliphatic heterocycles. The molecule has 9 aromatic rings. The maximum atomic E-state index is 2.61. The molecule has 1 nitrogen and oxygen atoms in total. The second-order valence-corrected chi connectivity index (χ2v) is 18.6. The lowest BCUT2D eigenvalue weighted by Crippen LogP contribution is -2.28. The molecule has 0 heterocycles. The Morgan fingerprint density at radius 1 is 0.413 bits per heavy atom. The van der Waals surface area contributed by atoms with Crippen molar-refractivity contribution in [1.29, 1.82) is 0 Å². The molecule has 63 heavy (non-hydrogen) atoms. The molecule has 12 rings (SSSR count). The fraction of sp³-hybridized carbons (Fsp3) is 0.161. The number of rotatable bonds is 7. The van der Waals surface area contributed by atoms with E-state index < -0.39 is 5.41 Å². The predicted octanol–water partition coefficient (Wildman–Crippen LogP) is 16.7. The van der Waals surface area contributed by atoms with E-state index in [1.54, 1.807) is 0 Å². The third-order valence-corrected chi connectivity index (χ3v) is 14.9. The third-order valence-electron chi connectivity index (χ3n) is 14.9. The molecule has 1 saturated carbocycles. The first-order valence-electron chi connectivity index (χ1n) is 23.0. The van der Waals surface area contributed by atoms with E-state index in [1.165, 1.54) is 127 Å². The van der Waals surface area contributed by atoms with Gasteiger partial charge in [-0.1, -0.05) is 215 Å². The van der Waals surface area contributed by atoms with Gasteiger partial charge in [0, 0.05) is 22.2 Å². The summed E-state index contributed by atoms with van der Waals surface area (Å²) in [5.41, 5.74) is 20.0. The minimum Gasteiger partial charge on any atom is -0.309 e. The molecule has 3 aliphatic carbocycles. The van der Waals surface area contributed by atoms with Crippen molar-refractivity contribution in [2.24, 2.45) is 0 Å². The van der Waals surface area contributed by atoms with E-state index in [9.17, 15) is 0 Å². The van der Waals surface area contributed by atoms with Crippen LogP contribution in [0.2, 0.25) is 0 Å². The Bertz CT molecular complexity index is 3140. The van der Waals surface area contributed by atoms with Crippen LogP contribution in [-0.4, -0.2) is 0 Å². The summed E-state index contributed by atoms with van der Waals surface area (Å²) >= 11 is 0. The Balaban J connectivity index is 1.17. The summed E-state index contributed by atoms with van der Waals surface area (Å²) in [4.78, 5) is 2.61. The van der Waals surface area contributed by atoms with Crippen LogP contribution in [0.5, 0.6) is 0 Å². The van der Waals surface area contributed by atoms with E-state index in [1.807, 2.05) is 0 Å². The van der Waals surface area contributed by atoms with E-state index >= 15 is 0 Å². The molecule has 0 radical (unpaired) electrons. The molecule has 9 aromatic carbocycles. The average Bonchev–Trinajstić information content (AvgIpc) is 3.78.